The van der Waals surface area contributed by atoms with E-state index in [0.29, 0.717) is 37.5 Å². The summed E-state index contributed by atoms with van der Waals surface area (Å²) in [5.41, 5.74) is 1.60. The van der Waals surface area contributed by atoms with Gasteiger partial charge >= 0.3 is 0 Å². The Bertz CT molecular complexity index is 745. The first-order valence-electron chi connectivity index (χ1n) is 8.24. The summed E-state index contributed by atoms with van der Waals surface area (Å²) in [6.07, 6.45) is 2.74. The fraction of sp³-hybridized carbons (Fsp3) is 0.389. The molecule has 7 heteroatoms. The van der Waals surface area contributed by atoms with Crippen LogP contribution in [0.1, 0.15) is 42.4 Å². The SMILES string of the molecule is CC(=O)N1Cc2cccnc2C(C(=O)NCCC(O)c2ccco2)C1. The van der Waals surface area contributed by atoms with E-state index in [9.17, 15) is 14.7 Å². The maximum absolute atomic E-state index is 12.6. The average molecular weight is 343 g/mol. The van der Waals surface area contributed by atoms with E-state index in [1.807, 2.05) is 6.07 Å². The molecule has 0 fully saturated rings. The van der Waals surface area contributed by atoms with Crippen LogP contribution < -0.4 is 5.32 Å². The molecule has 1 aliphatic heterocycles. The first-order chi connectivity index (χ1) is 12.1. The van der Waals surface area contributed by atoms with E-state index in [1.165, 1.54) is 13.2 Å². The summed E-state index contributed by atoms with van der Waals surface area (Å²) in [5, 5.41) is 12.8. The Hall–Kier alpha value is -2.67. The molecule has 2 atom stereocenters. The molecule has 0 radical (unpaired) electrons. The number of aliphatic hydroxyl groups is 1. The lowest BCUT2D eigenvalue weighted by atomic mass is 9.93. The summed E-state index contributed by atoms with van der Waals surface area (Å²) in [5.74, 6) is -0.297. The quantitative estimate of drug-likeness (QED) is 0.855. The largest absolute Gasteiger partial charge is 0.467 e. The van der Waals surface area contributed by atoms with Gasteiger partial charge in [-0.05, 0) is 30.2 Å². The zero-order chi connectivity index (χ0) is 17.8. The van der Waals surface area contributed by atoms with Gasteiger partial charge in [-0.1, -0.05) is 6.07 Å². The molecule has 2 aromatic heterocycles. The lowest BCUT2D eigenvalue weighted by molar-refractivity contribution is -0.131. The second kappa shape index (κ2) is 7.48. The van der Waals surface area contributed by atoms with Crippen LogP contribution in [0, 0.1) is 0 Å². The molecule has 25 heavy (non-hydrogen) atoms. The minimum atomic E-state index is -0.763. The van der Waals surface area contributed by atoms with Crippen LogP contribution in [-0.2, 0) is 16.1 Å². The number of nitrogens with zero attached hydrogens (tertiary/aromatic N) is 2. The Kier molecular flexibility index (Phi) is 5.14. The standard InChI is InChI=1S/C18H21N3O4/c1-12(22)21-10-13-4-2-7-19-17(13)14(11-21)18(24)20-8-6-15(23)16-5-3-9-25-16/h2-5,7,9,14-15,23H,6,8,10-11H2,1H3,(H,20,24). The Balaban J connectivity index is 1.63. The Labute approximate surface area is 145 Å². The van der Waals surface area contributed by atoms with Gasteiger partial charge in [0.25, 0.3) is 0 Å². The van der Waals surface area contributed by atoms with Crippen LogP contribution in [0.2, 0.25) is 0 Å². The number of furan rings is 1. The van der Waals surface area contributed by atoms with E-state index in [0.717, 1.165) is 5.56 Å². The van der Waals surface area contributed by atoms with Crippen molar-refractivity contribution in [3.05, 3.63) is 53.7 Å². The third-order valence-electron chi connectivity index (χ3n) is 4.37. The topological polar surface area (TPSA) is 95.7 Å². The molecule has 0 aliphatic carbocycles. The first kappa shape index (κ1) is 17.2. The van der Waals surface area contributed by atoms with Crippen LogP contribution in [0.15, 0.2) is 41.1 Å². The zero-order valence-corrected chi connectivity index (χ0v) is 14.0. The molecule has 0 spiro atoms. The number of rotatable bonds is 5. The minimum Gasteiger partial charge on any atom is -0.467 e. The number of amides is 2. The van der Waals surface area contributed by atoms with Crippen LogP contribution in [0.25, 0.3) is 0 Å². The third-order valence-corrected chi connectivity index (χ3v) is 4.37. The highest BCUT2D eigenvalue weighted by Crippen LogP contribution is 2.26. The van der Waals surface area contributed by atoms with E-state index in [1.54, 1.807) is 29.3 Å². The van der Waals surface area contributed by atoms with Crippen molar-refractivity contribution in [2.24, 2.45) is 0 Å². The van der Waals surface area contributed by atoms with Gasteiger partial charge in [-0.2, -0.15) is 0 Å². The van der Waals surface area contributed by atoms with Gasteiger partial charge in [0.2, 0.25) is 11.8 Å². The lowest BCUT2D eigenvalue weighted by Crippen LogP contribution is -2.43. The Morgan fingerprint density at radius 3 is 3.00 bits per heavy atom. The predicted molar refractivity (Wildman–Crippen MR) is 89.4 cm³/mol. The van der Waals surface area contributed by atoms with Crippen LogP contribution >= 0.6 is 0 Å². The molecule has 0 saturated heterocycles. The minimum absolute atomic E-state index is 0.0689. The molecule has 2 unspecified atom stereocenters. The van der Waals surface area contributed by atoms with Gasteiger partial charge in [-0.25, -0.2) is 0 Å². The van der Waals surface area contributed by atoms with E-state index >= 15 is 0 Å². The van der Waals surface area contributed by atoms with E-state index in [4.69, 9.17) is 4.42 Å². The van der Waals surface area contributed by atoms with Crippen LogP contribution in [0.3, 0.4) is 0 Å². The first-order valence-corrected chi connectivity index (χ1v) is 8.24. The van der Waals surface area contributed by atoms with Crippen molar-refractivity contribution in [1.82, 2.24) is 15.2 Å². The van der Waals surface area contributed by atoms with Gasteiger partial charge in [-0.15, -0.1) is 0 Å². The Morgan fingerprint density at radius 2 is 2.28 bits per heavy atom. The summed E-state index contributed by atoms with van der Waals surface area (Å²) in [6.45, 7) is 2.58. The maximum Gasteiger partial charge on any atom is 0.230 e. The normalized spacial score (nSPS) is 17.7. The molecule has 0 bridgehead atoms. The van der Waals surface area contributed by atoms with Gasteiger partial charge in [0.05, 0.1) is 17.9 Å². The highest BCUT2D eigenvalue weighted by Gasteiger charge is 2.32. The van der Waals surface area contributed by atoms with Crippen LogP contribution in [-0.4, -0.2) is 39.9 Å². The number of pyridine rings is 1. The fourth-order valence-electron chi connectivity index (χ4n) is 3.00. The molecule has 2 N–H and O–H groups in total. The number of hydrogen-bond acceptors (Lipinski definition) is 5. The predicted octanol–water partition coefficient (Wildman–Crippen LogP) is 1.36. The van der Waals surface area contributed by atoms with Crippen molar-refractivity contribution in [2.75, 3.05) is 13.1 Å². The zero-order valence-electron chi connectivity index (χ0n) is 14.0. The molecule has 2 amide bonds. The van der Waals surface area contributed by atoms with Crippen molar-refractivity contribution in [3.8, 4) is 0 Å². The molecular formula is C18H21N3O4. The van der Waals surface area contributed by atoms with Gasteiger partial charge < -0.3 is 19.7 Å². The number of hydrogen-bond donors (Lipinski definition) is 2. The molecule has 3 heterocycles. The smallest absolute Gasteiger partial charge is 0.230 e. The molecule has 1 aliphatic rings. The van der Waals surface area contributed by atoms with Crippen LogP contribution in [0.5, 0.6) is 0 Å². The molecule has 0 saturated carbocycles. The summed E-state index contributed by atoms with van der Waals surface area (Å²) in [7, 11) is 0. The van der Waals surface area contributed by atoms with E-state index in [-0.39, 0.29) is 11.8 Å². The number of fused-ring (bicyclic) bond motifs is 1. The van der Waals surface area contributed by atoms with Crippen LogP contribution in [0.4, 0.5) is 0 Å². The number of carbonyl (C=O) groups excluding carboxylic acids is 2. The molecule has 3 rings (SSSR count). The number of aromatic nitrogens is 1. The second-order valence-corrected chi connectivity index (χ2v) is 6.11. The number of carbonyl (C=O) groups is 2. The second-order valence-electron chi connectivity index (χ2n) is 6.11. The number of nitrogens with one attached hydrogen (secondary N) is 1. The molecule has 7 nitrogen and oxygen atoms in total. The highest BCUT2D eigenvalue weighted by atomic mass is 16.4. The molecule has 132 valence electrons. The van der Waals surface area contributed by atoms with Gasteiger partial charge in [0.1, 0.15) is 11.9 Å². The van der Waals surface area contributed by atoms with Crippen molar-refractivity contribution < 1.29 is 19.1 Å². The maximum atomic E-state index is 12.6. The lowest BCUT2D eigenvalue weighted by Gasteiger charge is -2.32. The van der Waals surface area contributed by atoms with Crippen molar-refractivity contribution in [3.63, 3.8) is 0 Å². The summed E-state index contributed by atoms with van der Waals surface area (Å²) >= 11 is 0. The molecular weight excluding hydrogens is 322 g/mol. The Morgan fingerprint density at radius 1 is 1.44 bits per heavy atom. The average Bonchev–Trinajstić information content (AvgIpc) is 3.15. The van der Waals surface area contributed by atoms with E-state index < -0.39 is 12.0 Å². The molecule has 2 aromatic rings. The molecule has 0 aromatic carbocycles. The summed E-state index contributed by atoms with van der Waals surface area (Å²) in [4.78, 5) is 30.3. The highest BCUT2D eigenvalue weighted by molar-refractivity contribution is 5.85. The summed E-state index contributed by atoms with van der Waals surface area (Å²) < 4.78 is 5.14. The monoisotopic (exact) mass is 343 g/mol. The summed E-state index contributed by atoms with van der Waals surface area (Å²) in [6, 6.07) is 7.09. The van der Waals surface area contributed by atoms with Crippen molar-refractivity contribution >= 4 is 11.8 Å². The van der Waals surface area contributed by atoms with E-state index in [2.05, 4.69) is 10.3 Å². The van der Waals surface area contributed by atoms with Gasteiger partial charge in [-0.3, -0.25) is 14.6 Å². The fourth-order valence-corrected chi connectivity index (χ4v) is 3.00. The van der Waals surface area contributed by atoms with Crippen molar-refractivity contribution in [1.29, 1.82) is 0 Å². The van der Waals surface area contributed by atoms with Gasteiger partial charge in [0.15, 0.2) is 0 Å². The number of aliphatic hydroxyl groups excluding tert-OH is 1. The third kappa shape index (κ3) is 3.88. The van der Waals surface area contributed by atoms with Crippen molar-refractivity contribution in [2.45, 2.75) is 31.9 Å². The van der Waals surface area contributed by atoms with Gasteiger partial charge in [0, 0.05) is 32.8 Å².